The topological polar surface area (TPSA) is 122 Å². The number of aliphatic imine (C=N–C) groups is 1. The van der Waals surface area contributed by atoms with Crippen molar-refractivity contribution in [1.29, 1.82) is 5.26 Å². The Kier molecular flexibility index (Phi) is 5.04. The number of fused-ring (bicyclic) bond motifs is 1. The highest BCUT2D eigenvalue weighted by Crippen LogP contribution is 2.41. The maximum atomic E-state index is 14.6. The molecule has 1 aliphatic rings. The molecule has 32 heavy (non-hydrogen) atoms. The molecule has 4 rings (SSSR count). The number of nitrogens with zero attached hydrogens (tertiary/aromatic N) is 5. The van der Waals surface area contributed by atoms with Crippen LogP contribution < -0.4 is 11.1 Å². The molecule has 0 amide bonds. The highest BCUT2D eigenvalue weighted by molar-refractivity contribution is 5.90. The molecular weight excluding hydrogens is 430 g/mol. The second-order valence-corrected chi connectivity index (χ2v) is 7.33. The van der Waals surface area contributed by atoms with Crippen LogP contribution in [0.4, 0.5) is 29.1 Å². The molecular formula is C20H15F4N7O. The highest BCUT2D eigenvalue weighted by Gasteiger charge is 2.50. The number of ether oxygens (including phenoxy) is 1. The summed E-state index contributed by atoms with van der Waals surface area (Å²) in [7, 11) is 0. The lowest BCUT2D eigenvalue weighted by Gasteiger charge is -2.35. The molecule has 0 aliphatic carbocycles. The van der Waals surface area contributed by atoms with E-state index in [4.69, 9.17) is 11.0 Å². The highest BCUT2D eigenvalue weighted by atomic mass is 19.4. The van der Waals surface area contributed by atoms with Crippen molar-refractivity contribution in [2.24, 2.45) is 10.7 Å². The number of halogens is 4. The third-order valence-electron chi connectivity index (χ3n) is 4.98. The summed E-state index contributed by atoms with van der Waals surface area (Å²) in [5.41, 5.74) is 4.66. The minimum Gasteiger partial charge on any atom is -0.452 e. The average Bonchev–Trinajstić information content (AvgIpc) is 2.73. The zero-order valence-electron chi connectivity index (χ0n) is 16.5. The van der Waals surface area contributed by atoms with E-state index in [-0.39, 0.29) is 11.3 Å². The van der Waals surface area contributed by atoms with Crippen LogP contribution in [0.15, 0.2) is 41.8 Å². The number of nitrogens with two attached hydrogens (primary N) is 1. The summed E-state index contributed by atoms with van der Waals surface area (Å²) >= 11 is 0. The van der Waals surface area contributed by atoms with Crippen LogP contribution in [-0.2, 0) is 10.3 Å². The first kappa shape index (κ1) is 21.2. The molecule has 0 bridgehead atoms. The number of nitrogens with one attached hydrogen (secondary N) is 1. The molecule has 0 unspecified atom stereocenters. The Balaban J connectivity index is 1.72. The Morgan fingerprint density at radius 3 is 2.75 bits per heavy atom. The van der Waals surface area contributed by atoms with Crippen LogP contribution in [0, 0.1) is 17.3 Å². The summed E-state index contributed by atoms with van der Waals surface area (Å²) in [6, 6.07) is 5.89. The van der Waals surface area contributed by atoms with Gasteiger partial charge in [0.15, 0.2) is 11.9 Å². The summed E-state index contributed by atoms with van der Waals surface area (Å²) < 4.78 is 59.0. The van der Waals surface area contributed by atoms with Crippen molar-refractivity contribution < 1.29 is 22.3 Å². The zero-order chi connectivity index (χ0) is 23.1. The largest absolute Gasteiger partial charge is 0.452 e. The third kappa shape index (κ3) is 3.96. The Morgan fingerprint density at radius 1 is 1.25 bits per heavy atom. The molecule has 0 saturated carbocycles. The molecule has 164 valence electrons. The predicted molar refractivity (Wildman–Crippen MR) is 106 cm³/mol. The molecule has 4 heterocycles. The van der Waals surface area contributed by atoms with Crippen molar-refractivity contribution >= 4 is 28.4 Å². The number of rotatable bonds is 3. The van der Waals surface area contributed by atoms with Gasteiger partial charge in [-0.15, -0.1) is 0 Å². The third-order valence-corrected chi connectivity index (χ3v) is 4.98. The van der Waals surface area contributed by atoms with E-state index in [0.717, 1.165) is 0 Å². The van der Waals surface area contributed by atoms with E-state index in [9.17, 15) is 17.6 Å². The molecule has 1 aliphatic heterocycles. The van der Waals surface area contributed by atoms with Crippen molar-refractivity contribution in [2.75, 3.05) is 5.32 Å². The predicted octanol–water partition coefficient (Wildman–Crippen LogP) is 3.66. The van der Waals surface area contributed by atoms with E-state index >= 15 is 0 Å². The van der Waals surface area contributed by atoms with Crippen molar-refractivity contribution in [1.82, 2.24) is 15.0 Å². The first-order valence-electron chi connectivity index (χ1n) is 9.26. The van der Waals surface area contributed by atoms with Gasteiger partial charge in [-0.1, -0.05) is 0 Å². The summed E-state index contributed by atoms with van der Waals surface area (Å²) in [4.78, 5) is 16.0. The van der Waals surface area contributed by atoms with Gasteiger partial charge in [0, 0.05) is 29.8 Å². The second kappa shape index (κ2) is 7.60. The van der Waals surface area contributed by atoms with Gasteiger partial charge in [0.1, 0.15) is 11.6 Å². The Morgan fingerprint density at radius 2 is 2.03 bits per heavy atom. The molecule has 12 heteroatoms. The molecule has 2 atom stereocenters. The zero-order valence-corrected chi connectivity index (χ0v) is 16.5. The lowest BCUT2D eigenvalue weighted by molar-refractivity contribution is -0.208. The molecule has 3 N–H and O–H groups in total. The number of anilines is 2. The van der Waals surface area contributed by atoms with E-state index < -0.39 is 36.2 Å². The number of nitriles is 1. The van der Waals surface area contributed by atoms with Gasteiger partial charge in [-0.3, -0.25) is 4.98 Å². The Hall–Kier alpha value is -4.01. The van der Waals surface area contributed by atoms with Gasteiger partial charge in [-0.2, -0.15) is 22.8 Å². The first-order chi connectivity index (χ1) is 15.1. The van der Waals surface area contributed by atoms with Crippen LogP contribution in [0.1, 0.15) is 24.5 Å². The van der Waals surface area contributed by atoms with Crippen LogP contribution in [0.2, 0.25) is 0 Å². The Labute approximate surface area is 178 Å². The summed E-state index contributed by atoms with van der Waals surface area (Å²) in [5, 5.41) is 12.6. The van der Waals surface area contributed by atoms with Gasteiger partial charge in [-0.05, 0) is 25.1 Å². The fourth-order valence-electron chi connectivity index (χ4n) is 3.46. The van der Waals surface area contributed by atoms with Gasteiger partial charge in [-0.25, -0.2) is 15.0 Å². The van der Waals surface area contributed by atoms with Crippen LogP contribution in [0.3, 0.4) is 0 Å². The van der Waals surface area contributed by atoms with E-state index in [1.165, 1.54) is 31.6 Å². The monoisotopic (exact) mass is 445 g/mol. The minimum atomic E-state index is -4.71. The summed E-state index contributed by atoms with van der Waals surface area (Å²) in [5.74, 6) is -0.695. The number of hydrogen-bond donors (Lipinski definition) is 2. The van der Waals surface area contributed by atoms with Crippen molar-refractivity contribution in [2.45, 2.75) is 31.2 Å². The van der Waals surface area contributed by atoms with Gasteiger partial charge >= 0.3 is 6.18 Å². The molecule has 8 nitrogen and oxygen atoms in total. The number of pyridine rings is 3. The smallest absolute Gasteiger partial charge is 0.425 e. The SMILES string of the molecule is C[C@@]1(c2cc(Nc3nccc4cc(C#N)cnc34)cnc2F)C[C@@H](C(F)(F)F)OC(N)=N1. The first-order valence-corrected chi connectivity index (χ1v) is 9.26. The van der Waals surface area contributed by atoms with Crippen LogP contribution >= 0.6 is 0 Å². The number of alkyl halides is 3. The number of aromatic nitrogens is 3. The van der Waals surface area contributed by atoms with E-state index in [2.05, 4.69) is 30.0 Å². The molecule has 0 aromatic carbocycles. The van der Waals surface area contributed by atoms with Crippen LogP contribution in [0.5, 0.6) is 0 Å². The van der Waals surface area contributed by atoms with Gasteiger partial charge in [0.05, 0.1) is 23.0 Å². The molecule has 0 radical (unpaired) electrons. The number of hydrogen-bond acceptors (Lipinski definition) is 8. The lowest BCUT2D eigenvalue weighted by Crippen LogP contribution is -2.46. The normalized spacial score (nSPS) is 20.9. The van der Waals surface area contributed by atoms with Crippen molar-refractivity contribution in [3.63, 3.8) is 0 Å². The molecule has 0 fully saturated rings. The van der Waals surface area contributed by atoms with Crippen molar-refractivity contribution in [3.8, 4) is 6.07 Å². The molecule has 3 aromatic rings. The fraction of sp³-hybridized carbons (Fsp3) is 0.250. The van der Waals surface area contributed by atoms with Crippen LogP contribution in [-0.4, -0.2) is 33.3 Å². The van der Waals surface area contributed by atoms with Gasteiger partial charge in [0.25, 0.3) is 6.02 Å². The lowest BCUT2D eigenvalue weighted by atomic mass is 9.86. The van der Waals surface area contributed by atoms with E-state index in [0.29, 0.717) is 22.3 Å². The summed E-state index contributed by atoms with van der Waals surface area (Å²) in [6.45, 7) is 1.33. The minimum absolute atomic E-state index is 0.192. The quantitative estimate of drug-likeness (QED) is 0.466. The summed E-state index contributed by atoms with van der Waals surface area (Å²) in [6.07, 6.45) is -3.59. The van der Waals surface area contributed by atoms with Gasteiger partial charge in [0.2, 0.25) is 5.95 Å². The average molecular weight is 445 g/mol. The fourth-order valence-corrected chi connectivity index (χ4v) is 3.46. The molecule has 0 spiro atoms. The molecule has 0 saturated heterocycles. The Bertz CT molecular complexity index is 1270. The number of amidine groups is 1. The standard InChI is InChI=1S/C20H15F4N7O/c1-19(6-14(20(22,23)24)32-18(26)31-19)13-5-12(9-29-16(13)21)30-17-15-11(2-3-27-17)4-10(7-25)8-28-15/h2-5,8-9,14H,6H2,1H3,(H2,26,31)(H,27,30)/t14-,19-/m0/s1. The van der Waals surface area contributed by atoms with Gasteiger partial charge < -0.3 is 15.8 Å². The second-order valence-electron chi connectivity index (χ2n) is 7.33. The maximum absolute atomic E-state index is 14.6. The van der Waals surface area contributed by atoms with E-state index in [1.807, 2.05) is 6.07 Å². The van der Waals surface area contributed by atoms with Crippen molar-refractivity contribution in [3.05, 3.63) is 53.9 Å². The van der Waals surface area contributed by atoms with E-state index in [1.54, 1.807) is 12.1 Å². The molecule has 3 aromatic heterocycles. The van der Waals surface area contributed by atoms with Crippen LogP contribution in [0.25, 0.3) is 10.9 Å². The maximum Gasteiger partial charge on any atom is 0.425 e.